The normalized spacial score (nSPS) is 28.9. The van der Waals surface area contributed by atoms with Crippen molar-refractivity contribution >= 4 is 10.9 Å². The average molecular weight is 251 g/mol. The second-order valence-electron chi connectivity index (χ2n) is 5.87. The summed E-state index contributed by atoms with van der Waals surface area (Å²) >= 11 is 0. The maximum Gasteiger partial charge on any atom is 0.0625 e. The first-order valence-corrected chi connectivity index (χ1v) is 7.06. The number of hydrogen-bond acceptors (Lipinski definition) is 2. The van der Waals surface area contributed by atoms with E-state index in [0.29, 0.717) is 24.3 Å². The summed E-state index contributed by atoms with van der Waals surface area (Å²) in [7, 11) is 0. The Morgan fingerprint density at radius 2 is 2.32 bits per heavy atom. The summed E-state index contributed by atoms with van der Waals surface area (Å²) in [5.41, 5.74) is 4.17. The van der Waals surface area contributed by atoms with Crippen LogP contribution in [0.3, 0.4) is 0 Å². The number of rotatable bonds is 1. The van der Waals surface area contributed by atoms with Crippen LogP contribution in [0.5, 0.6) is 0 Å². The lowest BCUT2D eigenvalue weighted by atomic mass is 9.73. The van der Waals surface area contributed by atoms with Gasteiger partial charge in [-0.25, -0.2) is 0 Å². The molecular formula is C16H17N3. The Balaban J connectivity index is 1.79. The fourth-order valence-corrected chi connectivity index (χ4v) is 3.90. The molecule has 1 aliphatic heterocycles. The summed E-state index contributed by atoms with van der Waals surface area (Å²) in [6.45, 7) is 0.991. The molecule has 0 radical (unpaired) electrons. The van der Waals surface area contributed by atoms with Gasteiger partial charge in [0.25, 0.3) is 0 Å². The third kappa shape index (κ3) is 1.60. The molecule has 1 aliphatic carbocycles. The molecule has 0 spiro atoms. The lowest BCUT2D eigenvalue weighted by molar-refractivity contribution is 0.271. The molecule has 2 aromatic rings. The van der Waals surface area contributed by atoms with Gasteiger partial charge in [0.05, 0.1) is 6.07 Å². The maximum absolute atomic E-state index is 8.91. The summed E-state index contributed by atoms with van der Waals surface area (Å²) in [5, 5.41) is 14.0. The van der Waals surface area contributed by atoms with E-state index in [0.717, 1.165) is 19.4 Å². The van der Waals surface area contributed by atoms with E-state index in [1.165, 1.54) is 22.0 Å². The van der Waals surface area contributed by atoms with Crippen molar-refractivity contribution in [2.24, 2.45) is 5.92 Å². The van der Waals surface area contributed by atoms with Gasteiger partial charge in [-0.2, -0.15) is 5.26 Å². The molecule has 19 heavy (non-hydrogen) atoms. The van der Waals surface area contributed by atoms with Crippen molar-refractivity contribution in [3.8, 4) is 6.07 Å². The lowest BCUT2D eigenvalue weighted by Crippen LogP contribution is -2.46. The van der Waals surface area contributed by atoms with Gasteiger partial charge in [-0.3, -0.25) is 0 Å². The van der Waals surface area contributed by atoms with Gasteiger partial charge in [0.15, 0.2) is 0 Å². The largest absolute Gasteiger partial charge is 0.361 e. The van der Waals surface area contributed by atoms with Crippen LogP contribution in [-0.4, -0.2) is 17.6 Å². The highest BCUT2D eigenvalue weighted by atomic mass is 14.9. The molecule has 0 saturated carbocycles. The van der Waals surface area contributed by atoms with Crippen molar-refractivity contribution in [1.29, 1.82) is 5.26 Å². The molecule has 3 nitrogen and oxygen atoms in total. The van der Waals surface area contributed by atoms with Crippen LogP contribution in [0.4, 0.5) is 0 Å². The fraction of sp³-hybridized carbons (Fsp3) is 0.438. The second-order valence-corrected chi connectivity index (χ2v) is 5.87. The molecule has 3 heteroatoms. The van der Waals surface area contributed by atoms with Gasteiger partial charge < -0.3 is 10.3 Å². The smallest absolute Gasteiger partial charge is 0.0625 e. The molecular weight excluding hydrogens is 234 g/mol. The second kappa shape index (κ2) is 4.11. The molecule has 1 fully saturated rings. The molecule has 96 valence electrons. The third-order valence-corrected chi connectivity index (χ3v) is 4.78. The Morgan fingerprint density at radius 1 is 1.37 bits per heavy atom. The van der Waals surface area contributed by atoms with Crippen LogP contribution in [0.2, 0.25) is 0 Å². The first-order valence-electron chi connectivity index (χ1n) is 7.06. The highest BCUT2D eigenvalue weighted by molar-refractivity contribution is 5.88. The fourth-order valence-electron chi connectivity index (χ4n) is 3.90. The van der Waals surface area contributed by atoms with Gasteiger partial charge in [-0.15, -0.1) is 0 Å². The van der Waals surface area contributed by atoms with E-state index in [-0.39, 0.29) is 0 Å². The summed E-state index contributed by atoms with van der Waals surface area (Å²) in [6, 6.07) is 9.45. The molecule has 1 aromatic heterocycles. The minimum absolute atomic E-state index is 0.502. The van der Waals surface area contributed by atoms with E-state index in [9.17, 15) is 0 Å². The molecule has 2 N–H and O–H groups in total. The highest BCUT2D eigenvalue weighted by Crippen LogP contribution is 2.42. The summed E-state index contributed by atoms with van der Waals surface area (Å²) in [4.78, 5) is 3.39. The summed E-state index contributed by atoms with van der Waals surface area (Å²) in [6.07, 6.45) is 5.09. The Hall–Kier alpha value is -1.79. The number of nitrogens with zero attached hydrogens (tertiary/aromatic N) is 1. The lowest BCUT2D eigenvalue weighted by Gasteiger charge is -2.39. The van der Waals surface area contributed by atoms with Gasteiger partial charge >= 0.3 is 0 Å². The van der Waals surface area contributed by atoms with Crippen molar-refractivity contribution in [3.05, 3.63) is 35.5 Å². The number of nitriles is 1. The SMILES string of the molecule is N#CCC1CN[C@@H]2Cc3c[nH]c4cccc(c34)[C@H]2C1. The molecule has 4 rings (SSSR count). The number of nitrogens with one attached hydrogen (secondary N) is 2. The standard InChI is InChI=1S/C16H17N3/c17-5-4-10-6-13-12-2-1-3-14-16(12)11(9-19-14)7-15(13)18-8-10/h1-3,9-10,13,15,18-19H,4,6-8H2/t10?,13-,15-/m1/s1. The van der Waals surface area contributed by atoms with E-state index in [2.05, 4.69) is 40.8 Å². The first kappa shape index (κ1) is 11.1. The highest BCUT2D eigenvalue weighted by Gasteiger charge is 2.35. The number of aromatic nitrogens is 1. The zero-order valence-electron chi connectivity index (χ0n) is 10.8. The van der Waals surface area contributed by atoms with Gasteiger partial charge in [0.1, 0.15) is 0 Å². The van der Waals surface area contributed by atoms with Crippen LogP contribution < -0.4 is 5.32 Å². The zero-order valence-corrected chi connectivity index (χ0v) is 10.8. The van der Waals surface area contributed by atoms with Crippen LogP contribution in [0.15, 0.2) is 24.4 Å². The van der Waals surface area contributed by atoms with Gasteiger partial charge in [-0.05, 0) is 42.5 Å². The van der Waals surface area contributed by atoms with Gasteiger partial charge in [-0.1, -0.05) is 12.1 Å². The van der Waals surface area contributed by atoms with Crippen LogP contribution in [0.25, 0.3) is 10.9 Å². The van der Waals surface area contributed by atoms with Crippen LogP contribution in [0.1, 0.15) is 29.9 Å². The molecule has 1 saturated heterocycles. The average Bonchev–Trinajstić information content (AvgIpc) is 2.85. The number of H-pyrrole nitrogens is 1. The number of benzene rings is 1. The predicted octanol–water partition coefficient (Wildman–Crippen LogP) is 2.70. The van der Waals surface area contributed by atoms with Gasteiger partial charge in [0, 0.05) is 35.5 Å². The Morgan fingerprint density at radius 3 is 3.21 bits per heavy atom. The predicted molar refractivity (Wildman–Crippen MR) is 74.9 cm³/mol. The van der Waals surface area contributed by atoms with Crippen LogP contribution in [0, 0.1) is 17.2 Å². The monoisotopic (exact) mass is 251 g/mol. The molecule has 2 heterocycles. The molecule has 0 amide bonds. The topological polar surface area (TPSA) is 51.6 Å². The van der Waals surface area contributed by atoms with E-state index >= 15 is 0 Å². The van der Waals surface area contributed by atoms with Gasteiger partial charge in [0.2, 0.25) is 0 Å². The van der Waals surface area contributed by atoms with Crippen molar-refractivity contribution < 1.29 is 0 Å². The van der Waals surface area contributed by atoms with Crippen molar-refractivity contribution in [1.82, 2.24) is 10.3 Å². The Bertz CT molecular complexity index is 664. The van der Waals surface area contributed by atoms with E-state index in [1.807, 2.05) is 0 Å². The number of fused-ring (bicyclic) bond motifs is 2. The Labute approximate surface area is 112 Å². The molecule has 3 atom stereocenters. The molecule has 1 aromatic carbocycles. The minimum Gasteiger partial charge on any atom is -0.361 e. The number of piperidine rings is 1. The third-order valence-electron chi connectivity index (χ3n) is 4.78. The van der Waals surface area contributed by atoms with Crippen molar-refractivity contribution in [2.45, 2.75) is 31.2 Å². The minimum atomic E-state index is 0.502. The van der Waals surface area contributed by atoms with E-state index < -0.39 is 0 Å². The van der Waals surface area contributed by atoms with Crippen LogP contribution in [-0.2, 0) is 6.42 Å². The Kier molecular flexibility index (Phi) is 2.39. The van der Waals surface area contributed by atoms with Crippen molar-refractivity contribution in [3.63, 3.8) is 0 Å². The first-order chi connectivity index (χ1) is 9.36. The number of aromatic amines is 1. The van der Waals surface area contributed by atoms with Crippen molar-refractivity contribution in [2.75, 3.05) is 6.54 Å². The quantitative estimate of drug-likeness (QED) is 0.818. The van der Waals surface area contributed by atoms with Crippen LogP contribution >= 0.6 is 0 Å². The summed E-state index contributed by atoms with van der Waals surface area (Å²) < 4.78 is 0. The molecule has 1 unspecified atom stereocenters. The van der Waals surface area contributed by atoms with E-state index in [1.54, 1.807) is 0 Å². The van der Waals surface area contributed by atoms with E-state index in [4.69, 9.17) is 5.26 Å². The number of hydrogen-bond donors (Lipinski definition) is 2. The molecule has 0 bridgehead atoms. The summed E-state index contributed by atoms with van der Waals surface area (Å²) in [5.74, 6) is 1.07. The maximum atomic E-state index is 8.91. The molecule has 2 aliphatic rings. The zero-order chi connectivity index (χ0) is 12.8.